The van der Waals surface area contributed by atoms with Crippen molar-refractivity contribution in [2.75, 3.05) is 0 Å². The van der Waals surface area contributed by atoms with E-state index in [1.165, 1.54) is 28.4 Å². The van der Waals surface area contributed by atoms with E-state index in [4.69, 9.17) is 16.3 Å². The van der Waals surface area contributed by atoms with Crippen molar-refractivity contribution >= 4 is 34.0 Å². The number of hydrogen-bond donors (Lipinski definition) is 0. The van der Waals surface area contributed by atoms with Crippen molar-refractivity contribution in [3.8, 4) is 11.1 Å². The molecule has 4 atom stereocenters. The molecule has 0 unspecified atom stereocenters. The van der Waals surface area contributed by atoms with Crippen LogP contribution in [0.1, 0.15) is 33.1 Å². The molecule has 4 heteroatoms. The molecule has 0 radical (unpaired) electrons. The predicted octanol–water partition coefficient (Wildman–Crippen LogP) is 6.56. The van der Waals surface area contributed by atoms with Gasteiger partial charge in [0.2, 0.25) is 0 Å². The van der Waals surface area contributed by atoms with Crippen molar-refractivity contribution in [1.82, 2.24) is 0 Å². The van der Waals surface area contributed by atoms with Crippen LogP contribution in [0.25, 0.3) is 11.1 Å². The van der Waals surface area contributed by atoms with Gasteiger partial charge in [-0.3, -0.25) is 0 Å². The van der Waals surface area contributed by atoms with Gasteiger partial charge in [-0.2, -0.15) is 0 Å². The summed E-state index contributed by atoms with van der Waals surface area (Å²) in [7, 11) is 0. The SMILES string of the molecule is C=C(C)[C@H]1CC[C@@]2(C)O[P@@](=S)(c3ccccc3-c3ccccc3)S[C@@H]2C1. The van der Waals surface area contributed by atoms with Crippen LogP contribution in [0.5, 0.6) is 0 Å². The van der Waals surface area contributed by atoms with Gasteiger partial charge in [-0.05, 0) is 50.2 Å². The maximum atomic E-state index is 6.78. The summed E-state index contributed by atoms with van der Waals surface area (Å²) in [5.41, 5.74) is 1.51. The highest BCUT2D eigenvalue weighted by Gasteiger charge is 2.53. The molecule has 0 amide bonds. The molecule has 4 rings (SSSR count). The van der Waals surface area contributed by atoms with Crippen LogP contribution in [0, 0.1) is 5.92 Å². The second-order valence-electron chi connectivity index (χ2n) is 7.70. The Bertz CT molecular complexity index is 879. The Morgan fingerprint density at radius 1 is 1.19 bits per heavy atom. The third kappa shape index (κ3) is 3.24. The topological polar surface area (TPSA) is 9.23 Å². The monoisotopic (exact) mass is 400 g/mol. The maximum absolute atomic E-state index is 6.78. The number of fused-ring (bicyclic) bond motifs is 1. The molecule has 0 N–H and O–H groups in total. The average molecular weight is 401 g/mol. The zero-order valence-corrected chi connectivity index (χ0v) is 17.9. The fourth-order valence-corrected chi connectivity index (χ4v) is 12.3. The van der Waals surface area contributed by atoms with Gasteiger partial charge in [-0.1, -0.05) is 89.9 Å². The van der Waals surface area contributed by atoms with Crippen molar-refractivity contribution < 1.29 is 4.52 Å². The van der Waals surface area contributed by atoms with Gasteiger partial charge in [0.25, 0.3) is 0 Å². The second kappa shape index (κ2) is 6.95. The molecule has 26 heavy (non-hydrogen) atoms. The van der Waals surface area contributed by atoms with E-state index in [2.05, 4.69) is 75.0 Å². The van der Waals surface area contributed by atoms with Crippen LogP contribution in [0.4, 0.5) is 0 Å². The van der Waals surface area contributed by atoms with Gasteiger partial charge in [0, 0.05) is 10.6 Å². The van der Waals surface area contributed by atoms with Gasteiger partial charge in [0.1, 0.15) is 5.47 Å². The van der Waals surface area contributed by atoms with E-state index in [0.717, 1.165) is 12.8 Å². The Morgan fingerprint density at radius 3 is 2.62 bits per heavy atom. The zero-order chi connectivity index (χ0) is 18.4. The highest BCUT2D eigenvalue weighted by molar-refractivity contribution is 8.72. The first kappa shape index (κ1) is 18.5. The second-order valence-corrected chi connectivity index (χ2v) is 14.5. The molecule has 0 aromatic heterocycles. The smallest absolute Gasteiger partial charge is 0.150 e. The summed E-state index contributed by atoms with van der Waals surface area (Å²) >= 11 is 8.18. The molecule has 136 valence electrons. The summed E-state index contributed by atoms with van der Waals surface area (Å²) in [4.78, 5) is 0. The number of allylic oxidation sites excluding steroid dienone is 1. The molecular weight excluding hydrogens is 375 g/mol. The third-order valence-electron chi connectivity index (χ3n) is 5.74. The van der Waals surface area contributed by atoms with Crippen molar-refractivity contribution in [1.29, 1.82) is 0 Å². The fraction of sp³-hybridized carbons (Fsp3) is 0.364. The number of hydrogen-bond acceptors (Lipinski definition) is 3. The Kier molecular flexibility index (Phi) is 4.94. The summed E-state index contributed by atoms with van der Waals surface area (Å²) in [5, 5.41) is 1.68. The lowest BCUT2D eigenvalue weighted by Gasteiger charge is -2.38. The largest absolute Gasteiger partial charge is 0.330 e. The van der Waals surface area contributed by atoms with Crippen LogP contribution in [-0.4, -0.2) is 10.9 Å². The minimum atomic E-state index is -2.13. The minimum absolute atomic E-state index is 0.101. The highest BCUT2D eigenvalue weighted by Crippen LogP contribution is 2.74. The van der Waals surface area contributed by atoms with Crippen molar-refractivity contribution in [2.45, 2.75) is 44.0 Å². The fourth-order valence-electron chi connectivity index (χ4n) is 4.10. The van der Waals surface area contributed by atoms with Crippen molar-refractivity contribution in [2.24, 2.45) is 5.92 Å². The van der Waals surface area contributed by atoms with Crippen molar-refractivity contribution in [3.63, 3.8) is 0 Å². The number of rotatable bonds is 3. The first-order valence-corrected chi connectivity index (χ1v) is 13.4. The van der Waals surface area contributed by atoms with E-state index in [0.29, 0.717) is 11.2 Å². The highest BCUT2D eigenvalue weighted by atomic mass is 32.9. The summed E-state index contributed by atoms with van der Waals surface area (Å²) in [5.74, 6) is 0.607. The molecule has 1 nitrogen and oxygen atoms in total. The Hall–Kier alpha value is -0.860. The molecule has 1 aliphatic heterocycles. The van der Waals surface area contributed by atoms with E-state index >= 15 is 0 Å². The van der Waals surface area contributed by atoms with Crippen LogP contribution < -0.4 is 5.30 Å². The van der Waals surface area contributed by atoms with Gasteiger partial charge < -0.3 is 4.52 Å². The molecule has 2 fully saturated rings. The molecule has 2 aliphatic rings. The van der Waals surface area contributed by atoms with Crippen LogP contribution >= 0.6 is 16.8 Å². The quantitative estimate of drug-likeness (QED) is 0.427. The molecule has 1 aliphatic carbocycles. The molecular formula is C22H25OPS2. The third-order valence-corrected chi connectivity index (χ3v) is 12.6. The van der Waals surface area contributed by atoms with E-state index in [1.807, 2.05) is 11.4 Å². The lowest BCUT2D eigenvalue weighted by Crippen LogP contribution is -2.40. The molecule has 2 aromatic carbocycles. The Balaban J connectivity index is 1.72. The Morgan fingerprint density at radius 2 is 1.88 bits per heavy atom. The molecule has 1 heterocycles. The van der Waals surface area contributed by atoms with Gasteiger partial charge in [0.15, 0.2) is 0 Å². The normalized spacial score (nSPS) is 33.6. The lowest BCUT2D eigenvalue weighted by atomic mass is 9.77. The molecule has 0 bridgehead atoms. The molecule has 1 saturated carbocycles. The molecule has 2 aromatic rings. The van der Waals surface area contributed by atoms with Crippen LogP contribution in [0.15, 0.2) is 66.7 Å². The average Bonchev–Trinajstić information content (AvgIpc) is 2.93. The standard InChI is InChI=1S/C22H25OPS2/c1-16(2)18-13-14-22(3)21(15-18)26-24(25,23-22)20-12-8-7-11-19(20)17-9-5-4-6-10-17/h4-12,18,21H,1,13-15H2,2-3H3/t18-,21+,22+,24+/m0/s1. The minimum Gasteiger partial charge on any atom is -0.330 e. The van der Waals surface area contributed by atoms with Crippen LogP contribution in [0.3, 0.4) is 0 Å². The lowest BCUT2D eigenvalue weighted by molar-refractivity contribution is 0.0685. The maximum Gasteiger partial charge on any atom is 0.150 e. The number of benzene rings is 2. The van der Waals surface area contributed by atoms with E-state index in [1.54, 1.807) is 0 Å². The summed E-state index contributed by atoms with van der Waals surface area (Å²) in [6, 6.07) is 19.1. The van der Waals surface area contributed by atoms with Crippen LogP contribution in [-0.2, 0) is 16.3 Å². The first-order chi connectivity index (χ1) is 12.4. The van der Waals surface area contributed by atoms with Gasteiger partial charge in [-0.15, -0.1) is 0 Å². The van der Waals surface area contributed by atoms with Gasteiger partial charge in [-0.25, -0.2) is 0 Å². The molecule has 1 saturated heterocycles. The van der Waals surface area contributed by atoms with E-state index in [-0.39, 0.29) is 5.60 Å². The molecule has 0 spiro atoms. The van der Waals surface area contributed by atoms with Gasteiger partial charge in [0.05, 0.1) is 5.60 Å². The zero-order valence-electron chi connectivity index (χ0n) is 15.4. The summed E-state index contributed by atoms with van der Waals surface area (Å²) in [6.45, 7) is 8.63. The van der Waals surface area contributed by atoms with E-state index in [9.17, 15) is 0 Å². The summed E-state index contributed by atoms with van der Waals surface area (Å²) < 4.78 is 6.78. The summed E-state index contributed by atoms with van der Waals surface area (Å²) in [6.07, 6.45) is 3.38. The van der Waals surface area contributed by atoms with Gasteiger partial charge >= 0.3 is 0 Å². The van der Waals surface area contributed by atoms with Crippen molar-refractivity contribution in [3.05, 3.63) is 66.7 Å². The predicted molar refractivity (Wildman–Crippen MR) is 119 cm³/mol. The Labute approximate surface area is 166 Å². The first-order valence-electron chi connectivity index (χ1n) is 9.21. The van der Waals surface area contributed by atoms with Crippen LogP contribution in [0.2, 0.25) is 0 Å². The van der Waals surface area contributed by atoms with E-state index < -0.39 is 5.47 Å².